The number of rotatable bonds is 6. The molecule has 2 aromatic carbocycles. The summed E-state index contributed by atoms with van der Waals surface area (Å²) in [5.74, 6) is 0.167. The van der Waals surface area contributed by atoms with Crippen LogP contribution < -0.4 is 5.32 Å². The minimum Gasteiger partial charge on any atom is -0.309 e. The molecule has 0 saturated carbocycles. The number of hydrogen-bond acceptors (Lipinski definition) is 3. The lowest BCUT2D eigenvalue weighted by molar-refractivity contribution is -0.114. The van der Waals surface area contributed by atoms with E-state index in [0.29, 0.717) is 10.0 Å². The van der Waals surface area contributed by atoms with Gasteiger partial charge in [-0.3, -0.25) is 0 Å². The van der Waals surface area contributed by atoms with Gasteiger partial charge in [0.05, 0.1) is 0 Å². The van der Waals surface area contributed by atoms with Crippen LogP contribution in [0.15, 0.2) is 63.9 Å². The molecule has 0 aliphatic rings. The van der Waals surface area contributed by atoms with E-state index in [0.717, 1.165) is 18.0 Å². The maximum Gasteiger partial charge on any atom is 0.126 e. The Balaban J connectivity index is 0. The lowest BCUT2D eigenvalue weighted by atomic mass is 10.2. The van der Waals surface area contributed by atoms with Gasteiger partial charge in [-0.25, -0.2) is 0 Å². The van der Waals surface area contributed by atoms with Gasteiger partial charge in [-0.15, -0.1) is 0 Å². The van der Waals surface area contributed by atoms with Crippen molar-refractivity contribution >= 4 is 40.7 Å². The molecule has 0 saturated heterocycles. The summed E-state index contributed by atoms with van der Waals surface area (Å²) in [5.41, 5.74) is 2.61. The second-order valence-electron chi connectivity index (χ2n) is 6.75. The molecule has 0 unspecified atom stereocenters. The van der Waals surface area contributed by atoms with Gasteiger partial charge in [0.1, 0.15) is 5.78 Å². The highest BCUT2D eigenvalue weighted by atomic mass is 35.5. The molecule has 0 amide bonds. The highest BCUT2D eigenvalue weighted by molar-refractivity contribution is 8.03. The van der Waals surface area contributed by atoms with Crippen LogP contribution in [0.3, 0.4) is 0 Å². The predicted octanol–water partition coefficient (Wildman–Crippen LogP) is 9.21. The van der Waals surface area contributed by atoms with Crippen molar-refractivity contribution in [2.75, 3.05) is 6.54 Å². The third kappa shape index (κ3) is 19.2. The van der Waals surface area contributed by atoms with Crippen LogP contribution in [-0.2, 0) is 11.3 Å². The van der Waals surface area contributed by atoms with Crippen LogP contribution >= 0.6 is 35.0 Å². The number of Topliss-reactive ketones (excluding diaryl/α,β-unsaturated/α-hetero) is 1. The number of ketones is 1. The van der Waals surface area contributed by atoms with Gasteiger partial charge in [0.2, 0.25) is 0 Å². The Morgan fingerprint density at radius 2 is 1.35 bits per heavy atom. The number of carbonyl (C=O) groups excluding carboxylic acids is 1. The molecule has 0 bridgehead atoms. The molecule has 0 atom stereocenters. The smallest absolute Gasteiger partial charge is 0.126 e. The van der Waals surface area contributed by atoms with Gasteiger partial charge in [0, 0.05) is 28.0 Å². The standard InChI is InChI=1S/C18H19Cl2NS.C3H6O.C3H8.C2H6/c1-13(11-21-12-15-6-4-3-5-7-15)14(2)22-18-9-16(19)8-17(20)10-18;1-3(2)4;1-3-2;1-2/h3-10,21H,11-12H2,1-2H3;1-2H3;3H2,1-2H3;1-2H3/b14-13-;;;. The first-order chi connectivity index (χ1) is 14.7. The average molecular weight is 485 g/mol. The fraction of sp³-hybridized carbons (Fsp3) is 0.423. The van der Waals surface area contributed by atoms with Crippen molar-refractivity contribution in [1.82, 2.24) is 5.32 Å². The Bertz CT molecular complexity index is 737. The Kier molecular flexibility index (Phi) is 21.2. The van der Waals surface area contributed by atoms with E-state index in [9.17, 15) is 4.79 Å². The zero-order valence-corrected chi connectivity index (χ0v) is 22.6. The first kappa shape index (κ1) is 31.9. The number of nitrogens with one attached hydrogen (secondary N) is 1. The highest BCUT2D eigenvalue weighted by Crippen LogP contribution is 2.32. The topological polar surface area (TPSA) is 29.1 Å². The summed E-state index contributed by atoms with van der Waals surface area (Å²) < 4.78 is 0. The molecule has 0 aliphatic carbocycles. The largest absolute Gasteiger partial charge is 0.309 e. The van der Waals surface area contributed by atoms with E-state index in [4.69, 9.17) is 23.2 Å². The van der Waals surface area contributed by atoms with Gasteiger partial charge in [0.15, 0.2) is 0 Å². The van der Waals surface area contributed by atoms with E-state index in [-0.39, 0.29) is 5.78 Å². The van der Waals surface area contributed by atoms with Crippen LogP contribution in [0.2, 0.25) is 10.0 Å². The summed E-state index contributed by atoms with van der Waals surface area (Å²) in [5, 5.41) is 4.81. The molecule has 0 radical (unpaired) electrons. The van der Waals surface area contributed by atoms with Crippen LogP contribution in [0.25, 0.3) is 0 Å². The molecule has 5 heteroatoms. The van der Waals surface area contributed by atoms with E-state index in [1.54, 1.807) is 17.8 Å². The van der Waals surface area contributed by atoms with E-state index < -0.39 is 0 Å². The van der Waals surface area contributed by atoms with Crippen LogP contribution in [0.5, 0.6) is 0 Å². The Morgan fingerprint density at radius 1 is 0.903 bits per heavy atom. The quantitative estimate of drug-likeness (QED) is 0.414. The maximum absolute atomic E-state index is 9.44. The first-order valence-electron chi connectivity index (χ1n) is 10.7. The molecule has 31 heavy (non-hydrogen) atoms. The molecule has 0 aromatic heterocycles. The number of carbonyl (C=O) groups is 1. The number of halogens is 2. The first-order valence-corrected chi connectivity index (χ1v) is 12.3. The van der Waals surface area contributed by atoms with Crippen molar-refractivity contribution in [2.45, 2.75) is 73.3 Å². The third-order valence-corrected chi connectivity index (χ3v) is 4.83. The van der Waals surface area contributed by atoms with Crippen molar-refractivity contribution in [3.8, 4) is 0 Å². The molecule has 0 fully saturated rings. The minimum atomic E-state index is 0.167. The lowest BCUT2D eigenvalue weighted by Crippen LogP contribution is -2.16. The zero-order valence-electron chi connectivity index (χ0n) is 20.3. The van der Waals surface area contributed by atoms with E-state index >= 15 is 0 Å². The van der Waals surface area contributed by atoms with Gasteiger partial charge in [-0.2, -0.15) is 0 Å². The van der Waals surface area contributed by atoms with Crippen molar-refractivity contribution in [1.29, 1.82) is 0 Å². The Hall–Kier alpha value is -1.26. The summed E-state index contributed by atoms with van der Waals surface area (Å²) in [6.45, 7) is 17.3. The fourth-order valence-corrected chi connectivity index (χ4v) is 3.59. The number of allylic oxidation sites excluding steroid dienone is 1. The summed E-state index contributed by atoms with van der Waals surface area (Å²) in [4.78, 5) is 11.8. The Morgan fingerprint density at radius 3 is 1.81 bits per heavy atom. The molecule has 174 valence electrons. The zero-order chi connectivity index (χ0) is 24.2. The van der Waals surface area contributed by atoms with Crippen molar-refractivity contribution in [3.63, 3.8) is 0 Å². The molecular weight excluding hydrogens is 445 g/mol. The van der Waals surface area contributed by atoms with Crippen molar-refractivity contribution < 1.29 is 4.79 Å². The van der Waals surface area contributed by atoms with E-state index in [2.05, 4.69) is 57.3 Å². The molecule has 1 N–H and O–H groups in total. The lowest BCUT2D eigenvalue weighted by Gasteiger charge is -2.10. The molecule has 0 heterocycles. The summed E-state index contributed by atoms with van der Waals surface area (Å²) in [6.07, 6.45) is 1.25. The van der Waals surface area contributed by atoms with E-state index in [1.165, 1.54) is 36.3 Å². The number of hydrogen-bond donors (Lipinski definition) is 1. The number of benzene rings is 2. The fourth-order valence-electron chi connectivity index (χ4n) is 1.97. The van der Waals surface area contributed by atoms with Crippen LogP contribution in [0, 0.1) is 0 Å². The SMILES string of the molecule is C/C(CNCc1ccccc1)=C(\C)Sc1cc(Cl)cc(Cl)c1.CC.CC(C)=O.CCC. The van der Waals surface area contributed by atoms with E-state index in [1.807, 2.05) is 32.0 Å². The van der Waals surface area contributed by atoms with Gasteiger partial charge < -0.3 is 10.1 Å². The molecule has 0 spiro atoms. The third-order valence-electron chi connectivity index (χ3n) is 3.27. The predicted molar refractivity (Wildman–Crippen MR) is 143 cm³/mol. The van der Waals surface area contributed by atoms with Crippen LogP contribution in [0.4, 0.5) is 0 Å². The maximum atomic E-state index is 9.44. The highest BCUT2D eigenvalue weighted by Gasteiger charge is 2.03. The van der Waals surface area contributed by atoms with Gasteiger partial charge in [0.25, 0.3) is 0 Å². The second-order valence-corrected chi connectivity index (χ2v) is 8.91. The van der Waals surface area contributed by atoms with Crippen LogP contribution in [-0.4, -0.2) is 12.3 Å². The second kappa shape index (κ2) is 20.6. The van der Waals surface area contributed by atoms with Crippen molar-refractivity contribution in [2.24, 2.45) is 0 Å². The van der Waals surface area contributed by atoms with Crippen LogP contribution in [0.1, 0.15) is 67.4 Å². The summed E-state index contributed by atoms with van der Waals surface area (Å²) >= 11 is 13.8. The number of thioether (sulfide) groups is 1. The Labute approximate surface area is 204 Å². The van der Waals surface area contributed by atoms with Crippen molar-refractivity contribution in [3.05, 3.63) is 74.6 Å². The molecule has 2 nitrogen and oxygen atoms in total. The van der Waals surface area contributed by atoms with Gasteiger partial charge in [-0.1, -0.05) is 99.4 Å². The molecule has 2 rings (SSSR count). The average Bonchev–Trinajstić information content (AvgIpc) is 2.69. The van der Waals surface area contributed by atoms with Gasteiger partial charge >= 0.3 is 0 Å². The molecular formula is C26H39Cl2NOS. The molecule has 2 aromatic rings. The molecule has 0 aliphatic heterocycles. The monoisotopic (exact) mass is 483 g/mol. The summed E-state index contributed by atoms with van der Waals surface area (Å²) in [6, 6.07) is 16.0. The minimum absolute atomic E-state index is 0.167. The van der Waals surface area contributed by atoms with Gasteiger partial charge in [-0.05, 0) is 61.9 Å². The summed E-state index contributed by atoms with van der Waals surface area (Å²) in [7, 11) is 0. The normalized spacial score (nSPS) is 10.3.